The molecule has 0 aliphatic rings. The minimum atomic E-state index is -1.24. The van der Waals surface area contributed by atoms with E-state index in [0.717, 1.165) is 15.4 Å². The number of unbranched alkanes of at least 4 members (excludes halogenated alkanes) is 2. The van der Waals surface area contributed by atoms with Crippen molar-refractivity contribution in [3.05, 3.63) is 29.8 Å². The number of hydrazine groups is 1. The van der Waals surface area contributed by atoms with Crippen LogP contribution in [0.1, 0.15) is 31.2 Å². The molecule has 0 fully saturated rings. The Balaban J connectivity index is 2.50. The Hall–Kier alpha value is -4.85. The molecule has 19 nitrogen and oxygen atoms in total. The first-order valence-corrected chi connectivity index (χ1v) is 15.1. The van der Waals surface area contributed by atoms with Crippen molar-refractivity contribution in [2.75, 3.05) is 71.2 Å². The predicted molar refractivity (Wildman–Crippen MR) is 170 cm³/mol. The summed E-state index contributed by atoms with van der Waals surface area (Å²) in [5, 5.41) is 39.1. The second-order valence-electron chi connectivity index (χ2n) is 11.0. The lowest BCUT2D eigenvalue weighted by atomic mass is 10.1. The van der Waals surface area contributed by atoms with Crippen molar-refractivity contribution >= 4 is 47.3 Å². The Morgan fingerprint density at radius 1 is 0.625 bits per heavy atom. The number of hydrogen-bond donors (Lipinski definition) is 9. The van der Waals surface area contributed by atoms with Crippen molar-refractivity contribution in [2.24, 2.45) is 5.73 Å². The molecule has 1 atom stereocenters. The van der Waals surface area contributed by atoms with E-state index in [4.69, 9.17) is 31.9 Å². The van der Waals surface area contributed by atoms with Gasteiger partial charge in [-0.15, -0.1) is 0 Å². The zero-order valence-corrected chi connectivity index (χ0v) is 26.6. The number of nitrogen functional groups attached to an aromatic ring is 1. The van der Waals surface area contributed by atoms with Gasteiger partial charge in [0.1, 0.15) is 0 Å². The molecule has 0 unspecified atom stereocenters. The van der Waals surface area contributed by atoms with E-state index in [0.29, 0.717) is 24.9 Å². The van der Waals surface area contributed by atoms with Crippen molar-refractivity contribution in [3.63, 3.8) is 0 Å². The molecule has 1 aromatic rings. The number of nitrogens with two attached hydrogens (primary N) is 2. The Morgan fingerprint density at radius 2 is 1.10 bits per heavy atom. The average molecular weight is 683 g/mol. The first-order valence-electron chi connectivity index (χ1n) is 15.1. The van der Waals surface area contributed by atoms with E-state index in [2.05, 4.69) is 16.2 Å². The van der Waals surface area contributed by atoms with E-state index < -0.39 is 73.8 Å². The largest absolute Gasteiger partial charge is 0.480 e. The normalized spacial score (nSPS) is 11.7. The molecule has 3 amide bonds. The maximum absolute atomic E-state index is 12.7. The van der Waals surface area contributed by atoms with Crippen LogP contribution in [0.4, 0.5) is 5.69 Å². The number of nitrogens with zero attached hydrogens (tertiary/aromatic N) is 3. The Morgan fingerprint density at radius 3 is 1.58 bits per heavy atom. The number of hydrogen-bond acceptors (Lipinski definition) is 12. The highest BCUT2D eigenvalue weighted by Crippen LogP contribution is 2.07. The van der Waals surface area contributed by atoms with Crippen LogP contribution >= 0.6 is 0 Å². The molecule has 1 aromatic carbocycles. The van der Waals surface area contributed by atoms with E-state index in [1.54, 1.807) is 29.2 Å². The minimum absolute atomic E-state index is 0.0409. The van der Waals surface area contributed by atoms with Crippen LogP contribution in [-0.2, 0) is 40.0 Å². The van der Waals surface area contributed by atoms with Gasteiger partial charge in [0.05, 0.1) is 38.8 Å². The average Bonchev–Trinajstić information content (AvgIpc) is 2.98. The molecule has 11 N–H and O–H groups in total. The quantitative estimate of drug-likeness (QED) is 0.0286. The van der Waals surface area contributed by atoms with Gasteiger partial charge < -0.3 is 37.2 Å². The van der Waals surface area contributed by atoms with Gasteiger partial charge in [0.25, 0.3) is 5.91 Å². The first kappa shape index (κ1) is 41.2. The number of carbonyl (C=O) groups is 7. The van der Waals surface area contributed by atoms with Gasteiger partial charge in [0.2, 0.25) is 11.8 Å². The summed E-state index contributed by atoms with van der Waals surface area (Å²) in [6, 6.07) is 6.02. The van der Waals surface area contributed by atoms with Crippen molar-refractivity contribution in [3.8, 4) is 0 Å². The van der Waals surface area contributed by atoms with Crippen LogP contribution in [0.3, 0.4) is 0 Å². The third-order valence-corrected chi connectivity index (χ3v) is 6.77. The third-order valence-electron chi connectivity index (χ3n) is 6.77. The molecule has 19 heteroatoms. The summed E-state index contributed by atoms with van der Waals surface area (Å²) in [5.74, 6) is -6.36. The van der Waals surface area contributed by atoms with Gasteiger partial charge in [0.15, 0.2) is 0 Å². The van der Waals surface area contributed by atoms with Crippen molar-refractivity contribution in [1.82, 2.24) is 30.9 Å². The lowest BCUT2D eigenvalue weighted by Gasteiger charge is -2.28. The van der Waals surface area contributed by atoms with E-state index in [9.17, 15) is 33.6 Å². The Labute approximate surface area is 277 Å². The van der Waals surface area contributed by atoms with E-state index >= 15 is 0 Å². The second kappa shape index (κ2) is 22.6. The van der Waals surface area contributed by atoms with E-state index in [-0.39, 0.29) is 52.1 Å². The summed E-state index contributed by atoms with van der Waals surface area (Å²) in [4.78, 5) is 85.3. The number of aliphatic carboxylic acids is 4. The van der Waals surface area contributed by atoms with Gasteiger partial charge in [-0.1, -0.05) is 18.6 Å². The number of amides is 3. The van der Waals surface area contributed by atoms with Crippen LogP contribution in [0.5, 0.6) is 0 Å². The summed E-state index contributed by atoms with van der Waals surface area (Å²) < 4.78 is 0. The number of nitrogens with one attached hydrogen (secondary N) is 3. The molecule has 0 aromatic heterocycles. The molecule has 0 bridgehead atoms. The molecule has 0 aliphatic carbocycles. The molecule has 0 spiro atoms. The summed E-state index contributed by atoms with van der Waals surface area (Å²) >= 11 is 0. The molecule has 0 saturated carbocycles. The lowest BCUT2D eigenvalue weighted by Crippen LogP contribution is -2.50. The number of carboxylic acid groups (broad SMARTS) is 4. The Kier molecular flexibility index (Phi) is 19.4. The van der Waals surface area contributed by atoms with Crippen LogP contribution in [-0.4, -0.2) is 148 Å². The van der Waals surface area contributed by atoms with Gasteiger partial charge in [-0.3, -0.25) is 59.1 Å². The summed E-state index contributed by atoms with van der Waals surface area (Å²) in [6.45, 7) is -2.17. The van der Waals surface area contributed by atoms with Gasteiger partial charge in [-0.25, -0.2) is 0 Å². The second-order valence-corrected chi connectivity index (χ2v) is 11.0. The molecule has 1 rings (SSSR count). The maximum Gasteiger partial charge on any atom is 0.317 e. The van der Waals surface area contributed by atoms with Crippen LogP contribution < -0.4 is 27.6 Å². The smallest absolute Gasteiger partial charge is 0.317 e. The van der Waals surface area contributed by atoms with Crippen LogP contribution in [0.15, 0.2) is 24.3 Å². The predicted octanol–water partition coefficient (Wildman–Crippen LogP) is -2.79. The van der Waals surface area contributed by atoms with Gasteiger partial charge in [0, 0.05) is 44.8 Å². The first-order chi connectivity index (χ1) is 22.6. The molecule has 0 heterocycles. The SMILES string of the molecule is Nc1ccc(C[C@@H](N)C(=O)NNC(=O)CCCCCNC(=O)CN(CCN(CC(=O)O)CC(=O)O)CCN(CC(=O)O)CC(=O)O)cc1. The van der Waals surface area contributed by atoms with Gasteiger partial charge >= 0.3 is 23.9 Å². The summed E-state index contributed by atoms with van der Waals surface area (Å²) in [5.41, 5.74) is 17.5. The Bertz CT molecular complexity index is 1160. The molecule has 48 heavy (non-hydrogen) atoms. The standard InChI is InChI=1S/C29H46N8O11/c30-21-7-5-20(6-8-21)14-22(31)29(48)34-33-23(38)4-2-1-3-9-32-24(39)15-35(10-12-36(16-25(40)41)17-26(42)43)11-13-37(18-27(44)45)19-28(46)47/h5-8,22H,1-4,9-19,30-31H2,(H,32,39)(H,33,38)(H,34,48)(H,40,41)(H,42,43)(H,44,45)(H,46,47)/t22-/m1/s1. The van der Waals surface area contributed by atoms with Crippen LogP contribution in [0.25, 0.3) is 0 Å². The van der Waals surface area contributed by atoms with Crippen LogP contribution in [0, 0.1) is 0 Å². The summed E-state index contributed by atoms with van der Waals surface area (Å²) in [7, 11) is 0. The van der Waals surface area contributed by atoms with Crippen molar-refractivity contribution < 1.29 is 54.0 Å². The molecule has 0 saturated heterocycles. The number of benzene rings is 1. The fourth-order valence-corrected chi connectivity index (χ4v) is 4.39. The number of carbonyl (C=O) groups excluding carboxylic acids is 3. The third kappa shape index (κ3) is 20.3. The topological polar surface area (TPSA) is 298 Å². The molecule has 0 aliphatic heterocycles. The van der Waals surface area contributed by atoms with Crippen molar-refractivity contribution in [1.29, 1.82) is 0 Å². The van der Waals surface area contributed by atoms with E-state index in [1.807, 2.05) is 0 Å². The van der Waals surface area contributed by atoms with Gasteiger partial charge in [-0.2, -0.15) is 0 Å². The fourth-order valence-electron chi connectivity index (χ4n) is 4.39. The zero-order valence-electron chi connectivity index (χ0n) is 26.6. The minimum Gasteiger partial charge on any atom is -0.480 e. The number of carboxylic acids is 4. The zero-order chi connectivity index (χ0) is 36.1. The van der Waals surface area contributed by atoms with Crippen LogP contribution in [0.2, 0.25) is 0 Å². The van der Waals surface area contributed by atoms with Crippen molar-refractivity contribution in [2.45, 2.75) is 38.1 Å². The highest BCUT2D eigenvalue weighted by molar-refractivity contribution is 5.85. The number of anilines is 1. The monoisotopic (exact) mass is 682 g/mol. The summed E-state index contributed by atoms with van der Waals surface area (Å²) in [6.07, 6.45) is 1.93. The van der Waals surface area contributed by atoms with Gasteiger partial charge in [-0.05, 0) is 37.0 Å². The fraction of sp³-hybridized carbons (Fsp3) is 0.552. The maximum atomic E-state index is 12.7. The van der Waals surface area contributed by atoms with E-state index in [1.165, 1.54) is 0 Å². The number of rotatable bonds is 25. The molecular formula is C29H46N8O11. The molecule has 268 valence electrons. The molecular weight excluding hydrogens is 636 g/mol. The highest BCUT2D eigenvalue weighted by atomic mass is 16.4. The molecule has 0 radical (unpaired) electrons. The highest BCUT2D eigenvalue weighted by Gasteiger charge is 2.20. The lowest BCUT2D eigenvalue weighted by molar-refractivity contribution is -0.143.